The number of carbonyl (C=O) groups excluding carboxylic acids is 3. The SMILES string of the molecule is CC(C)CC(NC(=O)C(Cc1c[nH]c2ccccc12)NC(=O)C(Cc1c[nH]c2ccccc12)NC(=O)C(N)CO)C(=O)O. The van der Waals surface area contributed by atoms with Crippen LogP contribution in [0.25, 0.3) is 21.8 Å². The molecule has 0 bridgehead atoms. The number of H-pyrrole nitrogens is 2. The fourth-order valence-electron chi connectivity index (χ4n) is 5.06. The quantitative estimate of drug-likeness (QED) is 0.108. The van der Waals surface area contributed by atoms with Crippen molar-refractivity contribution in [2.24, 2.45) is 11.7 Å². The third-order valence-corrected chi connectivity index (χ3v) is 7.32. The monoisotopic (exact) mass is 590 g/mol. The number of benzene rings is 2. The molecule has 4 unspecified atom stereocenters. The van der Waals surface area contributed by atoms with Gasteiger partial charge in [-0.2, -0.15) is 0 Å². The highest BCUT2D eigenvalue weighted by atomic mass is 16.4. The Morgan fingerprint density at radius 3 is 1.63 bits per heavy atom. The minimum Gasteiger partial charge on any atom is -0.480 e. The number of nitrogens with two attached hydrogens (primary N) is 1. The Balaban J connectivity index is 1.64. The number of carboxylic acids is 1. The van der Waals surface area contributed by atoms with E-state index in [2.05, 4.69) is 25.9 Å². The Kier molecular flexibility index (Phi) is 10.2. The molecule has 0 fully saturated rings. The van der Waals surface area contributed by atoms with Crippen LogP contribution in [-0.4, -0.2) is 74.6 Å². The van der Waals surface area contributed by atoms with Crippen molar-refractivity contribution in [3.05, 3.63) is 72.1 Å². The van der Waals surface area contributed by atoms with Crippen molar-refractivity contribution < 1.29 is 29.4 Å². The molecule has 12 heteroatoms. The molecule has 0 aliphatic rings. The zero-order chi connectivity index (χ0) is 31.1. The van der Waals surface area contributed by atoms with Gasteiger partial charge in [0.1, 0.15) is 24.2 Å². The highest BCUT2D eigenvalue weighted by molar-refractivity contribution is 5.95. The van der Waals surface area contributed by atoms with Crippen LogP contribution >= 0.6 is 0 Å². The second-order valence-electron chi connectivity index (χ2n) is 11.1. The first-order valence-electron chi connectivity index (χ1n) is 14.2. The smallest absolute Gasteiger partial charge is 0.326 e. The Bertz CT molecular complexity index is 1590. The van der Waals surface area contributed by atoms with Crippen LogP contribution < -0.4 is 21.7 Å². The summed E-state index contributed by atoms with van der Waals surface area (Å²) >= 11 is 0. The Hall–Kier alpha value is -4.68. The van der Waals surface area contributed by atoms with Crippen LogP contribution in [-0.2, 0) is 32.0 Å². The number of para-hydroxylation sites is 2. The van der Waals surface area contributed by atoms with Gasteiger partial charge in [0.2, 0.25) is 17.7 Å². The summed E-state index contributed by atoms with van der Waals surface area (Å²) in [6.07, 6.45) is 3.80. The molecule has 228 valence electrons. The molecule has 0 spiro atoms. The first-order valence-corrected chi connectivity index (χ1v) is 14.2. The Labute approximate surface area is 248 Å². The lowest BCUT2D eigenvalue weighted by Crippen LogP contribution is -2.58. The highest BCUT2D eigenvalue weighted by Crippen LogP contribution is 2.21. The van der Waals surface area contributed by atoms with E-state index in [1.807, 2.05) is 62.4 Å². The van der Waals surface area contributed by atoms with Gasteiger partial charge < -0.3 is 41.9 Å². The fourth-order valence-corrected chi connectivity index (χ4v) is 5.06. The van der Waals surface area contributed by atoms with E-state index < -0.39 is 54.5 Å². The van der Waals surface area contributed by atoms with Gasteiger partial charge in [0.05, 0.1) is 6.61 Å². The van der Waals surface area contributed by atoms with Gasteiger partial charge >= 0.3 is 5.97 Å². The maximum atomic E-state index is 13.8. The number of aliphatic hydroxyl groups is 1. The molecular formula is C31H38N6O6. The molecule has 0 radical (unpaired) electrons. The van der Waals surface area contributed by atoms with E-state index in [0.717, 1.165) is 32.9 Å². The van der Waals surface area contributed by atoms with E-state index in [9.17, 15) is 29.4 Å². The number of carbonyl (C=O) groups is 4. The first kappa shape index (κ1) is 31.3. The third kappa shape index (κ3) is 7.79. The van der Waals surface area contributed by atoms with Crippen molar-refractivity contribution in [2.75, 3.05) is 6.61 Å². The molecule has 2 heterocycles. The number of aliphatic hydroxyl groups excluding tert-OH is 1. The Morgan fingerprint density at radius 1 is 0.744 bits per heavy atom. The van der Waals surface area contributed by atoms with Crippen LogP contribution in [0.5, 0.6) is 0 Å². The van der Waals surface area contributed by atoms with E-state index in [1.54, 1.807) is 12.4 Å². The van der Waals surface area contributed by atoms with Crippen LogP contribution in [0.4, 0.5) is 0 Å². The largest absolute Gasteiger partial charge is 0.480 e. The zero-order valence-corrected chi connectivity index (χ0v) is 24.1. The number of aliphatic carboxylic acids is 1. The van der Waals surface area contributed by atoms with Crippen molar-refractivity contribution in [1.82, 2.24) is 25.9 Å². The second-order valence-corrected chi connectivity index (χ2v) is 11.1. The molecule has 0 saturated carbocycles. The van der Waals surface area contributed by atoms with Crippen LogP contribution in [0.2, 0.25) is 0 Å². The van der Waals surface area contributed by atoms with Gasteiger partial charge in [0.25, 0.3) is 0 Å². The highest BCUT2D eigenvalue weighted by Gasteiger charge is 2.31. The molecule has 0 saturated heterocycles. The van der Waals surface area contributed by atoms with E-state index >= 15 is 0 Å². The van der Waals surface area contributed by atoms with E-state index in [1.165, 1.54) is 0 Å². The summed E-state index contributed by atoms with van der Waals surface area (Å²) in [5, 5.41) is 28.8. The zero-order valence-electron chi connectivity index (χ0n) is 24.1. The van der Waals surface area contributed by atoms with E-state index in [0.29, 0.717) is 0 Å². The lowest BCUT2D eigenvalue weighted by atomic mass is 10.00. The summed E-state index contributed by atoms with van der Waals surface area (Å²) in [6, 6.07) is 10.2. The van der Waals surface area contributed by atoms with Crippen LogP contribution in [0, 0.1) is 5.92 Å². The van der Waals surface area contributed by atoms with Crippen molar-refractivity contribution >= 4 is 45.5 Å². The molecule has 4 rings (SSSR count). The van der Waals surface area contributed by atoms with Gasteiger partial charge in [0.15, 0.2) is 0 Å². The summed E-state index contributed by atoms with van der Waals surface area (Å²) in [5.41, 5.74) is 8.89. The molecule has 2 aromatic carbocycles. The molecule has 12 nitrogen and oxygen atoms in total. The Morgan fingerprint density at radius 2 is 1.19 bits per heavy atom. The number of aromatic nitrogens is 2. The van der Waals surface area contributed by atoms with E-state index in [4.69, 9.17) is 5.73 Å². The van der Waals surface area contributed by atoms with Crippen LogP contribution in [0.1, 0.15) is 31.4 Å². The maximum absolute atomic E-state index is 13.8. The van der Waals surface area contributed by atoms with Crippen LogP contribution in [0.3, 0.4) is 0 Å². The predicted molar refractivity (Wildman–Crippen MR) is 162 cm³/mol. The third-order valence-electron chi connectivity index (χ3n) is 7.32. The number of nitrogens with one attached hydrogen (secondary N) is 5. The second kappa shape index (κ2) is 14.0. The molecule has 9 N–H and O–H groups in total. The fraction of sp³-hybridized carbons (Fsp3) is 0.355. The summed E-state index contributed by atoms with van der Waals surface area (Å²) in [6.45, 7) is 3.08. The lowest BCUT2D eigenvalue weighted by Gasteiger charge is -2.25. The molecule has 2 aromatic heterocycles. The standard InChI is InChI=1S/C31H38N6O6/c1-17(2)11-27(31(42)43)37-30(41)26(13-19-15-34-24-10-6-4-8-21(19)24)36-29(40)25(35-28(39)22(32)16-38)12-18-14-33-23-9-5-3-7-20(18)23/h3-10,14-15,17,22,25-27,33-34,38H,11-13,16,32H2,1-2H3,(H,35,39)(H,36,40)(H,37,41)(H,42,43). The lowest BCUT2D eigenvalue weighted by molar-refractivity contribution is -0.142. The van der Waals surface area contributed by atoms with Crippen molar-refractivity contribution in [3.63, 3.8) is 0 Å². The topological polar surface area (TPSA) is 202 Å². The van der Waals surface area contributed by atoms with Crippen molar-refractivity contribution in [1.29, 1.82) is 0 Å². The number of amides is 3. The van der Waals surface area contributed by atoms with Gasteiger partial charge in [-0.05, 0) is 35.6 Å². The van der Waals surface area contributed by atoms with Gasteiger partial charge in [-0.1, -0.05) is 50.2 Å². The normalized spacial score (nSPS) is 14.3. The molecule has 4 aromatic rings. The molecule has 4 atom stereocenters. The summed E-state index contributed by atoms with van der Waals surface area (Å²) < 4.78 is 0. The summed E-state index contributed by atoms with van der Waals surface area (Å²) in [4.78, 5) is 58.3. The maximum Gasteiger partial charge on any atom is 0.326 e. The van der Waals surface area contributed by atoms with Gasteiger partial charge in [0, 0.05) is 47.0 Å². The van der Waals surface area contributed by atoms with Crippen LogP contribution in [0.15, 0.2) is 60.9 Å². The number of fused-ring (bicyclic) bond motifs is 2. The number of carboxylic acid groups (broad SMARTS) is 1. The molecular weight excluding hydrogens is 552 g/mol. The minimum atomic E-state index is -1.25. The van der Waals surface area contributed by atoms with Gasteiger partial charge in [-0.25, -0.2) is 4.79 Å². The predicted octanol–water partition coefficient (Wildman–Crippen LogP) is 1.34. The summed E-state index contributed by atoms with van der Waals surface area (Å²) in [5.74, 6) is -3.25. The summed E-state index contributed by atoms with van der Waals surface area (Å²) in [7, 11) is 0. The minimum absolute atomic E-state index is 0.00504. The first-order chi connectivity index (χ1) is 20.6. The molecule has 3 amide bonds. The van der Waals surface area contributed by atoms with Crippen molar-refractivity contribution in [2.45, 2.75) is 57.3 Å². The number of hydrogen-bond donors (Lipinski definition) is 8. The van der Waals surface area contributed by atoms with E-state index in [-0.39, 0.29) is 25.2 Å². The average molecular weight is 591 g/mol. The number of rotatable bonds is 14. The van der Waals surface area contributed by atoms with Gasteiger partial charge in [-0.15, -0.1) is 0 Å². The van der Waals surface area contributed by atoms with Crippen molar-refractivity contribution in [3.8, 4) is 0 Å². The number of hydrogen-bond acceptors (Lipinski definition) is 6. The average Bonchev–Trinajstić information content (AvgIpc) is 3.59. The molecule has 0 aliphatic carbocycles. The van der Waals surface area contributed by atoms with Gasteiger partial charge in [-0.3, -0.25) is 14.4 Å². The molecule has 0 aliphatic heterocycles. The number of aromatic amines is 2. The molecule has 43 heavy (non-hydrogen) atoms.